The quantitative estimate of drug-likeness (QED) is 0.189. The summed E-state index contributed by atoms with van der Waals surface area (Å²) in [6, 6.07) is 3.41. The number of anilines is 1. The number of oxazole rings is 1. The Morgan fingerprint density at radius 2 is 1.85 bits per heavy atom. The summed E-state index contributed by atoms with van der Waals surface area (Å²) in [4.78, 5) is 36.3. The molecule has 4 aromatic heterocycles. The number of benzene rings is 2. The molecule has 2 aliphatic rings. The van der Waals surface area contributed by atoms with Gasteiger partial charge in [0, 0.05) is 31.0 Å². The molecular weight excluding hydrogens is 791 g/mol. The minimum absolute atomic E-state index is 0.0115. The van der Waals surface area contributed by atoms with Crippen LogP contribution in [0.4, 0.5) is 36.6 Å². The zero-order valence-electron chi connectivity index (χ0n) is 27.9. The van der Waals surface area contributed by atoms with Crippen LogP contribution in [-0.4, -0.2) is 54.7 Å². The van der Waals surface area contributed by atoms with E-state index in [1.807, 2.05) is 0 Å². The fraction of sp³-hybridized carbons (Fsp3) is 0.312. The molecule has 14 nitrogen and oxygen atoms in total. The first-order valence-corrected chi connectivity index (χ1v) is 18.3. The highest BCUT2D eigenvalue weighted by molar-refractivity contribution is 7.92. The summed E-state index contributed by atoms with van der Waals surface area (Å²) >= 11 is 6.49. The number of aromatic nitrogens is 7. The van der Waals surface area contributed by atoms with E-state index in [0.717, 1.165) is 29.3 Å². The fourth-order valence-electron chi connectivity index (χ4n) is 7.22. The Labute approximate surface area is 307 Å². The molecule has 55 heavy (non-hydrogen) atoms. The van der Waals surface area contributed by atoms with Crippen LogP contribution in [0, 0.1) is 17.6 Å². The highest BCUT2D eigenvalue weighted by Crippen LogP contribution is 2.68. The van der Waals surface area contributed by atoms with Crippen molar-refractivity contribution >= 4 is 55.5 Å². The molecule has 2 aromatic carbocycles. The Morgan fingerprint density at radius 1 is 1.15 bits per heavy atom. The largest absolute Gasteiger partial charge is 0.435 e. The number of fused-ring (bicyclic) bond motifs is 5. The van der Waals surface area contributed by atoms with Gasteiger partial charge in [0.2, 0.25) is 15.9 Å². The van der Waals surface area contributed by atoms with Crippen LogP contribution >= 0.6 is 11.6 Å². The number of nitrogens with zero attached hydrogens (tertiary/aromatic N) is 7. The van der Waals surface area contributed by atoms with Crippen molar-refractivity contribution in [3.05, 3.63) is 92.1 Å². The third-order valence-electron chi connectivity index (χ3n) is 9.34. The Morgan fingerprint density at radius 3 is 2.53 bits per heavy atom. The second-order valence-electron chi connectivity index (χ2n) is 13.2. The lowest BCUT2D eigenvalue weighted by Crippen LogP contribution is -2.38. The third-order valence-corrected chi connectivity index (χ3v) is 10.2. The van der Waals surface area contributed by atoms with Crippen molar-refractivity contribution in [2.75, 3.05) is 11.0 Å². The number of sulfonamides is 1. The molecule has 0 aliphatic heterocycles. The van der Waals surface area contributed by atoms with E-state index in [4.69, 9.17) is 16.0 Å². The van der Waals surface area contributed by atoms with Gasteiger partial charge in [-0.1, -0.05) is 11.6 Å². The molecule has 0 radical (unpaired) electrons. The normalized spacial score (nSPS) is 18.1. The molecule has 2 N–H and O–H groups in total. The van der Waals surface area contributed by atoms with E-state index < -0.39 is 98.8 Å². The molecule has 6 aromatic rings. The van der Waals surface area contributed by atoms with Crippen LogP contribution < -0.4 is 15.6 Å². The summed E-state index contributed by atoms with van der Waals surface area (Å²) in [5.74, 6) is -10.1. The van der Waals surface area contributed by atoms with Crippen LogP contribution in [0.3, 0.4) is 0 Å². The number of carbonyl (C=O) groups is 1. The van der Waals surface area contributed by atoms with Gasteiger partial charge in [-0.3, -0.25) is 28.2 Å². The molecule has 1 amide bonds. The first-order chi connectivity index (χ1) is 25.7. The van der Waals surface area contributed by atoms with E-state index in [1.54, 1.807) is 0 Å². The van der Waals surface area contributed by atoms with E-state index in [-0.39, 0.29) is 55.3 Å². The SMILES string of the molecule is Cn1nc(NS(C)(=O)=O)c2c(Cl)ccc(-n3c([C@H](Cc4cc(F)cc(F)c4)NC(=O)Cn4nc(C(F)(F)F)c5c4C(F)(F)[C@@H]4C[C@H]54)nc4ocnc4c3=O)c21. The van der Waals surface area contributed by atoms with Crippen LogP contribution in [0.25, 0.3) is 27.8 Å². The lowest BCUT2D eigenvalue weighted by molar-refractivity contribution is -0.142. The zero-order chi connectivity index (χ0) is 39.5. The number of alkyl halides is 5. The van der Waals surface area contributed by atoms with Crippen LogP contribution in [-0.2, 0) is 46.9 Å². The maximum atomic E-state index is 15.3. The lowest BCUT2D eigenvalue weighted by Gasteiger charge is -2.23. The Bertz CT molecular complexity index is 2760. The molecule has 1 fully saturated rings. The number of hydrogen-bond donors (Lipinski definition) is 2. The predicted octanol–water partition coefficient (Wildman–Crippen LogP) is 5.09. The van der Waals surface area contributed by atoms with Gasteiger partial charge in [0.05, 0.1) is 33.9 Å². The van der Waals surface area contributed by atoms with Crippen molar-refractivity contribution in [3.63, 3.8) is 0 Å². The van der Waals surface area contributed by atoms with Crippen molar-refractivity contribution in [1.29, 1.82) is 0 Å². The molecule has 0 bridgehead atoms. The summed E-state index contributed by atoms with van der Waals surface area (Å²) in [5.41, 5.74) is -5.03. The minimum Gasteiger partial charge on any atom is -0.425 e. The van der Waals surface area contributed by atoms with Gasteiger partial charge < -0.3 is 9.73 Å². The van der Waals surface area contributed by atoms with Crippen molar-refractivity contribution in [1.82, 2.24) is 39.4 Å². The average Bonchev–Trinajstić information content (AvgIpc) is 3.28. The molecule has 4 heterocycles. The maximum absolute atomic E-state index is 15.3. The van der Waals surface area contributed by atoms with E-state index in [2.05, 4.69) is 30.2 Å². The number of halogens is 8. The van der Waals surface area contributed by atoms with Crippen molar-refractivity contribution < 1.29 is 48.4 Å². The number of rotatable bonds is 9. The molecule has 0 spiro atoms. The van der Waals surface area contributed by atoms with E-state index in [9.17, 15) is 40.0 Å². The summed E-state index contributed by atoms with van der Waals surface area (Å²) < 4.78 is 136. The average molecular weight is 814 g/mol. The highest BCUT2D eigenvalue weighted by Gasteiger charge is 2.68. The van der Waals surface area contributed by atoms with Crippen LogP contribution in [0.1, 0.15) is 46.7 Å². The summed E-state index contributed by atoms with van der Waals surface area (Å²) in [7, 11) is -2.52. The van der Waals surface area contributed by atoms with Gasteiger partial charge in [-0.2, -0.15) is 37.1 Å². The predicted molar refractivity (Wildman–Crippen MR) is 178 cm³/mol. The van der Waals surface area contributed by atoms with Gasteiger partial charge in [-0.05, 0) is 42.2 Å². The number of amides is 1. The molecule has 0 saturated heterocycles. The number of nitrogens with one attached hydrogen (secondary N) is 2. The highest BCUT2D eigenvalue weighted by atomic mass is 35.5. The van der Waals surface area contributed by atoms with Gasteiger partial charge >= 0.3 is 6.18 Å². The van der Waals surface area contributed by atoms with Crippen molar-refractivity contribution in [2.45, 2.75) is 43.4 Å². The third kappa shape index (κ3) is 6.15. The summed E-state index contributed by atoms with van der Waals surface area (Å²) in [6.07, 6.45) is -4.08. The Balaban J connectivity index is 1.29. The molecule has 3 atom stereocenters. The Hall–Kier alpha value is -5.51. The zero-order valence-corrected chi connectivity index (χ0v) is 29.5. The van der Waals surface area contributed by atoms with Crippen molar-refractivity contribution in [3.8, 4) is 5.69 Å². The lowest BCUT2D eigenvalue weighted by atomic mass is 10.0. The van der Waals surface area contributed by atoms with Gasteiger partial charge in [0.1, 0.15) is 29.7 Å². The van der Waals surface area contributed by atoms with Crippen LogP contribution in [0.5, 0.6) is 0 Å². The first-order valence-electron chi connectivity index (χ1n) is 16.0. The van der Waals surface area contributed by atoms with E-state index >= 15 is 8.78 Å². The van der Waals surface area contributed by atoms with Gasteiger partial charge in [-0.25, -0.2) is 22.2 Å². The molecule has 288 valence electrons. The number of aryl methyl sites for hydroxylation is 1. The maximum Gasteiger partial charge on any atom is 0.435 e. The van der Waals surface area contributed by atoms with E-state index in [0.29, 0.717) is 6.07 Å². The second-order valence-corrected chi connectivity index (χ2v) is 15.3. The van der Waals surface area contributed by atoms with Crippen LogP contribution in [0.2, 0.25) is 5.02 Å². The van der Waals surface area contributed by atoms with Crippen molar-refractivity contribution in [2.24, 2.45) is 13.0 Å². The van der Waals surface area contributed by atoms with Gasteiger partial charge in [0.25, 0.3) is 17.2 Å². The molecule has 1 saturated carbocycles. The molecule has 0 unspecified atom stereocenters. The van der Waals surface area contributed by atoms with E-state index in [1.165, 1.54) is 23.9 Å². The topological polar surface area (TPSA) is 172 Å². The van der Waals surface area contributed by atoms with Gasteiger partial charge in [-0.15, -0.1) is 0 Å². The fourth-order valence-corrected chi connectivity index (χ4v) is 7.96. The first kappa shape index (κ1) is 36.5. The number of hydrogen-bond acceptors (Lipinski definition) is 9. The minimum atomic E-state index is -5.11. The molecular formula is C32H23ClF7N9O5S. The smallest absolute Gasteiger partial charge is 0.425 e. The standard InChI is InChI=1S/C32H23ClF7N9O5S/c1-47-24-19(4-3-17(33)22(24)27(45-47)46-55(2,52)53)49-28(43-29-23(30(49)51)41-11-54-29)18(7-12-5-13(34)8-14(35)6-12)42-20(50)10-48-26-21(25(44-48)32(38,39)40)15-9-16(15)31(26,36)37/h3-6,8,11,15-16,18H,7,9-10H2,1-2H3,(H,42,50)(H,45,46)/t15-,16+,18-/m0/s1. The number of carbonyl (C=O) groups excluding carboxylic acids is 1. The van der Waals surface area contributed by atoms with Gasteiger partial charge in [0.15, 0.2) is 23.4 Å². The molecule has 23 heteroatoms. The summed E-state index contributed by atoms with van der Waals surface area (Å²) in [5, 5.41) is 10.1. The molecule has 2 aliphatic carbocycles. The molecule has 8 rings (SSSR count). The monoisotopic (exact) mass is 813 g/mol. The Kier molecular flexibility index (Phi) is 8.12. The summed E-state index contributed by atoms with van der Waals surface area (Å²) in [6.45, 7) is -1.16. The van der Waals surface area contributed by atoms with Crippen LogP contribution in [0.15, 0.2) is 45.9 Å². The second kappa shape index (κ2) is 12.2.